The van der Waals surface area contributed by atoms with Crippen molar-refractivity contribution in [2.75, 3.05) is 48.3 Å². The van der Waals surface area contributed by atoms with E-state index in [1.54, 1.807) is 11.0 Å². The molecule has 2 aromatic rings. The van der Waals surface area contributed by atoms with E-state index in [1.165, 1.54) is 17.2 Å². The molecule has 0 amide bonds. The Morgan fingerprint density at radius 2 is 1.86 bits per heavy atom. The predicted octanol–water partition coefficient (Wildman–Crippen LogP) is 3.49. The molecule has 0 saturated carbocycles. The van der Waals surface area contributed by atoms with Crippen LogP contribution in [0.4, 0.5) is 43.9 Å². The van der Waals surface area contributed by atoms with Gasteiger partial charge in [0.15, 0.2) is 11.6 Å². The minimum absolute atomic E-state index is 0.0455. The van der Waals surface area contributed by atoms with Crippen LogP contribution in [0.1, 0.15) is 19.3 Å². The van der Waals surface area contributed by atoms with Crippen LogP contribution in [0.15, 0.2) is 18.3 Å². The Balaban J connectivity index is 1.51. The summed E-state index contributed by atoms with van der Waals surface area (Å²) in [5.74, 6) is -2.94. The molecule has 0 aromatic carbocycles. The molecule has 4 fully saturated rings. The number of hydrogen-bond acceptors (Lipinski definition) is 8. The Labute approximate surface area is 203 Å². The van der Waals surface area contributed by atoms with Crippen LogP contribution in [0.2, 0.25) is 0 Å². The number of anilines is 3. The number of fused-ring (bicyclic) bond motifs is 3. The van der Waals surface area contributed by atoms with Crippen molar-refractivity contribution in [2.45, 2.75) is 50.3 Å². The lowest BCUT2D eigenvalue weighted by molar-refractivity contribution is -0.0494. The van der Waals surface area contributed by atoms with Gasteiger partial charge in [-0.2, -0.15) is 13.8 Å². The van der Waals surface area contributed by atoms with Crippen molar-refractivity contribution in [1.82, 2.24) is 19.9 Å². The van der Waals surface area contributed by atoms with Gasteiger partial charge in [-0.1, -0.05) is 0 Å². The second kappa shape index (κ2) is 9.45. The summed E-state index contributed by atoms with van der Waals surface area (Å²) < 4.78 is 84.0. The second-order valence-electron chi connectivity index (χ2n) is 9.31. The second-order valence-corrected chi connectivity index (χ2v) is 9.31. The Bertz CT molecular complexity index is 1110. The molecule has 6 rings (SSSR count). The predicted molar refractivity (Wildman–Crippen MR) is 120 cm³/mol. The number of alkyl halides is 6. The molecular weight excluding hydrogens is 492 g/mol. The van der Waals surface area contributed by atoms with Gasteiger partial charge >= 0.3 is 6.61 Å². The summed E-state index contributed by atoms with van der Waals surface area (Å²) in [6.45, 7) is -3.05. The van der Waals surface area contributed by atoms with Gasteiger partial charge in [0, 0.05) is 56.0 Å². The SMILES string of the molecule is Nc1ncc(-c2cc(N3C[C@@H]4CC[C@H]3CN4CC(F)F)nc(N3CCC(F)(F)C3)n2)cc1OC(F)F. The van der Waals surface area contributed by atoms with Crippen LogP contribution in [-0.4, -0.2) is 83.6 Å². The standard InChI is InChI=1S/C22H25F6N7O/c23-17(24)10-34-8-14-2-1-13(34)9-35(14)18-6-15(12-5-16(36-20(25)26)19(29)30-7-12)31-21(32-18)33-4-3-22(27,28)11-33/h5-7,13-14,17,20H,1-4,8-11H2,(H2,29,30)/t13-,14-/m0/s1. The number of nitrogen functional groups attached to an aromatic ring is 1. The van der Waals surface area contributed by atoms with E-state index in [-0.39, 0.29) is 60.4 Å². The number of nitrogens with zero attached hydrogens (tertiary/aromatic N) is 6. The zero-order chi connectivity index (χ0) is 25.6. The van der Waals surface area contributed by atoms with Crippen LogP contribution < -0.4 is 20.3 Å². The van der Waals surface area contributed by atoms with Crippen molar-refractivity contribution >= 4 is 17.6 Å². The molecule has 6 heterocycles. The first-order valence-electron chi connectivity index (χ1n) is 11.6. The van der Waals surface area contributed by atoms with E-state index in [1.807, 2.05) is 4.90 Å². The average Bonchev–Trinajstić information content (AvgIpc) is 3.19. The molecule has 36 heavy (non-hydrogen) atoms. The number of hydrogen-bond donors (Lipinski definition) is 1. The average molecular weight is 517 g/mol. The van der Waals surface area contributed by atoms with Crippen LogP contribution in [0.5, 0.6) is 5.75 Å². The lowest BCUT2D eigenvalue weighted by Crippen LogP contribution is -2.63. The van der Waals surface area contributed by atoms with Crippen molar-refractivity contribution in [1.29, 1.82) is 0 Å². The molecule has 2 aromatic heterocycles. The lowest BCUT2D eigenvalue weighted by Gasteiger charge is -2.52. The molecule has 0 radical (unpaired) electrons. The zero-order valence-electron chi connectivity index (χ0n) is 19.1. The molecule has 14 heteroatoms. The van der Waals surface area contributed by atoms with E-state index >= 15 is 0 Å². The molecule has 0 aliphatic carbocycles. The number of aromatic nitrogens is 3. The highest BCUT2D eigenvalue weighted by atomic mass is 19.3. The van der Waals surface area contributed by atoms with Crippen molar-refractivity contribution in [3.63, 3.8) is 0 Å². The molecule has 2 atom stereocenters. The fraction of sp³-hybridized carbons (Fsp3) is 0.591. The molecule has 0 unspecified atom stereocenters. The van der Waals surface area contributed by atoms with Gasteiger partial charge in [-0.3, -0.25) is 4.90 Å². The Kier molecular flexibility index (Phi) is 6.47. The number of piperazine rings is 1. The topological polar surface area (TPSA) is 83.6 Å². The minimum atomic E-state index is -3.12. The Morgan fingerprint density at radius 1 is 1.08 bits per heavy atom. The smallest absolute Gasteiger partial charge is 0.387 e. The van der Waals surface area contributed by atoms with E-state index in [2.05, 4.69) is 19.7 Å². The third-order valence-corrected chi connectivity index (χ3v) is 6.86. The van der Waals surface area contributed by atoms with Gasteiger partial charge in [0.2, 0.25) is 5.95 Å². The summed E-state index contributed by atoms with van der Waals surface area (Å²) in [7, 11) is 0. The largest absolute Gasteiger partial charge is 0.431 e. The first-order valence-corrected chi connectivity index (χ1v) is 11.6. The quantitative estimate of drug-likeness (QED) is 0.559. The fourth-order valence-corrected chi connectivity index (χ4v) is 5.15. The Morgan fingerprint density at radius 3 is 2.50 bits per heavy atom. The van der Waals surface area contributed by atoms with E-state index in [0.717, 1.165) is 12.8 Å². The lowest BCUT2D eigenvalue weighted by atomic mass is 9.90. The molecule has 2 bridgehead atoms. The summed E-state index contributed by atoms with van der Waals surface area (Å²) in [5, 5.41) is 0. The summed E-state index contributed by atoms with van der Waals surface area (Å²) in [6, 6.07) is 2.70. The maximum Gasteiger partial charge on any atom is 0.387 e. The number of pyridine rings is 1. The van der Waals surface area contributed by atoms with Gasteiger partial charge in [-0.05, 0) is 18.9 Å². The molecule has 196 valence electrons. The summed E-state index contributed by atoms with van der Waals surface area (Å²) in [4.78, 5) is 18.0. The third kappa shape index (κ3) is 5.08. The number of halogens is 6. The minimum Gasteiger partial charge on any atom is -0.431 e. The first-order chi connectivity index (χ1) is 17.1. The fourth-order valence-electron chi connectivity index (χ4n) is 5.15. The highest BCUT2D eigenvalue weighted by Gasteiger charge is 2.42. The van der Waals surface area contributed by atoms with Crippen LogP contribution in [0.3, 0.4) is 0 Å². The highest BCUT2D eigenvalue weighted by Crippen LogP contribution is 2.37. The maximum atomic E-state index is 14.0. The maximum absolute atomic E-state index is 14.0. The van der Waals surface area contributed by atoms with Gasteiger partial charge in [0.1, 0.15) is 5.82 Å². The van der Waals surface area contributed by atoms with Crippen molar-refractivity contribution in [3.8, 4) is 17.0 Å². The van der Waals surface area contributed by atoms with Gasteiger partial charge in [0.25, 0.3) is 12.3 Å². The third-order valence-electron chi connectivity index (χ3n) is 6.86. The zero-order valence-corrected chi connectivity index (χ0v) is 19.1. The highest BCUT2D eigenvalue weighted by molar-refractivity contribution is 5.68. The van der Waals surface area contributed by atoms with Crippen LogP contribution in [0, 0.1) is 0 Å². The van der Waals surface area contributed by atoms with Gasteiger partial charge in [-0.25, -0.2) is 27.5 Å². The van der Waals surface area contributed by atoms with E-state index < -0.39 is 25.5 Å². The molecule has 2 N–H and O–H groups in total. The summed E-state index contributed by atoms with van der Waals surface area (Å²) >= 11 is 0. The molecular formula is C22H25F6N7O. The number of rotatable bonds is 7. The number of nitrogens with two attached hydrogens (primary N) is 1. The monoisotopic (exact) mass is 517 g/mol. The van der Waals surface area contributed by atoms with Gasteiger partial charge in [-0.15, -0.1) is 0 Å². The van der Waals surface area contributed by atoms with Gasteiger partial charge in [0.05, 0.1) is 18.8 Å². The molecule has 4 aliphatic heterocycles. The molecule has 4 saturated heterocycles. The van der Waals surface area contributed by atoms with E-state index in [0.29, 0.717) is 18.9 Å². The van der Waals surface area contributed by atoms with Crippen LogP contribution >= 0.6 is 0 Å². The number of piperidine rings is 2. The summed E-state index contributed by atoms with van der Waals surface area (Å²) in [5.41, 5.74) is 6.21. The van der Waals surface area contributed by atoms with Crippen molar-refractivity contribution in [2.24, 2.45) is 0 Å². The van der Waals surface area contributed by atoms with Crippen molar-refractivity contribution in [3.05, 3.63) is 18.3 Å². The molecule has 8 nitrogen and oxygen atoms in total. The van der Waals surface area contributed by atoms with E-state index in [9.17, 15) is 26.3 Å². The number of ether oxygens (including phenoxy) is 1. The summed E-state index contributed by atoms with van der Waals surface area (Å²) in [6.07, 6.45) is 0.0937. The van der Waals surface area contributed by atoms with Crippen LogP contribution in [0.25, 0.3) is 11.3 Å². The Hall–Kier alpha value is -3.03. The van der Waals surface area contributed by atoms with Crippen molar-refractivity contribution < 1.29 is 31.1 Å². The van der Waals surface area contributed by atoms with Gasteiger partial charge < -0.3 is 20.3 Å². The first kappa shape index (κ1) is 24.7. The molecule has 0 spiro atoms. The molecule has 4 aliphatic rings. The van der Waals surface area contributed by atoms with E-state index in [4.69, 9.17) is 5.73 Å². The van der Waals surface area contributed by atoms with Crippen LogP contribution in [-0.2, 0) is 0 Å². The normalized spacial score (nSPS) is 23.8.